The molecule has 3 heterocycles. The summed E-state index contributed by atoms with van der Waals surface area (Å²) < 4.78 is 1.81. The third-order valence-electron chi connectivity index (χ3n) is 3.65. The minimum Gasteiger partial charge on any atom is -0.391 e. The number of hydrogen-bond donors (Lipinski definition) is 1. The van der Waals surface area contributed by atoms with E-state index in [9.17, 15) is 5.11 Å². The maximum absolute atomic E-state index is 10.2. The predicted octanol–water partition coefficient (Wildman–Crippen LogP) is 1.05. The maximum atomic E-state index is 10.2. The topological polar surface area (TPSA) is 54.2 Å². The molecule has 0 aromatic carbocycles. The van der Waals surface area contributed by atoms with Crippen LogP contribution in [-0.2, 0) is 20.0 Å². The Morgan fingerprint density at radius 3 is 3.11 bits per heavy atom. The fraction of sp³-hybridized carbons (Fsp3) is 0.538. The molecule has 6 heteroatoms. The number of likely N-dealkylation sites (tertiary alicyclic amines) is 1. The van der Waals surface area contributed by atoms with Crippen LogP contribution in [0.15, 0.2) is 24.0 Å². The number of aromatic nitrogens is 3. The average molecular weight is 278 g/mol. The first-order valence-corrected chi connectivity index (χ1v) is 7.38. The molecule has 0 bridgehead atoms. The van der Waals surface area contributed by atoms with Crippen LogP contribution in [0, 0.1) is 0 Å². The second-order valence-corrected chi connectivity index (χ2v) is 6.03. The van der Waals surface area contributed by atoms with Gasteiger partial charge in [-0.1, -0.05) is 0 Å². The highest BCUT2D eigenvalue weighted by atomic mass is 32.1. The predicted molar refractivity (Wildman–Crippen MR) is 73.8 cm³/mol. The molecule has 2 atom stereocenters. The Morgan fingerprint density at radius 2 is 2.42 bits per heavy atom. The zero-order chi connectivity index (χ0) is 13.2. The molecule has 1 fully saturated rings. The van der Waals surface area contributed by atoms with Gasteiger partial charge in [0.15, 0.2) is 0 Å². The Morgan fingerprint density at radius 1 is 1.53 bits per heavy atom. The third-order valence-corrected chi connectivity index (χ3v) is 4.41. The Hall–Kier alpha value is -1.24. The summed E-state index contributed by atoms with van der Waals surface area (Å²) in [5.41, 5.74) is 1.18. The lowest BCUT2D eigenvalue weighted by molar-refractivity contribution is 0.112. The van der Waals surface area contributed by atoms with Crippen LogP contribution >= 0.6 is 11.3 Å². The molecule has 2 aromatic heterocycles. The Balaban J connectivity index is 1.69. The van der Waals surface area contributed by atoms with E-state index in [1.54, 1.807) is 11.3 Å². The van der Waals surface area contributed by atoms with Crippen molar-refractivity contribution < 1.29 is 5.11 Å². The van der Waals surface area contributed by atoms with Crippen molar-refractivity contribution in [2.45, 2.75) is 31.5 Å². The monoisotopic (exact) mass is 278 g/mol. The number of hydrogen-bond acceptors (Lipinski definition) is 5. The van der Waals surface area contributed by atoms with Gasteiger partial charge in [0, 0.05) is 37.4 Å². The lowest BCUT2D eigenvalue weighted by Gasteiger charge is -2.24. The lowest BCUT2D eigenvalue weighted by atomic mass is 10.0. The van der Waals surface area contributed by atoms with Gasteiger partial charge < -0.3 is 5.11 Å². The molecule has 3 rings (SSSR count). The molecule has 1 aliphatic heterocycles. The average Bonchev–Trinajstić information content (AvgIpc) is 3.08. The highest BCUT2D eigenvalue weighted by Gasteiger charge is 2.33. The van der Waals surface area contributed by atoms with Gasteiger partial charge in [0.25, 0.3) is 0 Å². The molecule has 0 amide bonds. The van der Waals surface area contributed by atoms with Gasteiger partial charge in [0.2, 0.25) is 0 Å². The largest absolute Gasteiger partial charge is 0.391 e. The van der Waals surface area contributed by atoms with E-state index in [1.807, 2.05) is 35.7 Å². The van der Waals surface area contributed by atoms with Crippen molar-refractivity contribution in [3.05, 3.63) is 34.5 Å². The fourth-order valence-corrected chi connectivity index (χ4v) is 3.33. The zero-order valence-corrected chi connectivity index (χ0v) is 11.8. The standard InChI is InChI=1S/C13H18N4OS/c1-16-8-10(7-15-16)6-11-12(18)2-4-17(11)9-13-14-3-5-19-13/h3,5,7-8,11-12,18H,2,4,6,9H2,1H3/t11-,12+/m1/s1. The van der Waals surface area contributed by atoms with Crippen LogP contribution in [0.3, 0.4) is 0 Å². The van der Waals surface area contributed by atoms with E-state index in [0.29, 0.717) is 0 Å². The maximum Gasteiger partial charge on any atom is 0.107 e. The molecule has 1 N–H and O–H groups in total. The molecular weight excluding hydrogens is 260 g/mol. The van der Waals surface area contributed by atoms with E-state index in [4.69, 9.17) is 0 Å². The van der Waals surface area contributed by atoms with Crippen molar-refractivity contribution in [3.8, 4) is 0 Å². The summed E-state index contributed by atoms with van der Waals surface area (Å²) in [7, 11) is 1.92. The molecule has 102 valence electrons. The molecular formula is C13H18N4OS. The summed E-state index contributed by atoms with van der Waals surface area (Å²) in [5, 5.41) is 17.5. The second-order valence-electron chi connectivity index (χ2n) is 5.05. The molecule has 19 heavy (non-hydrogen) atoms. The van der Waals surface area contributed by atoms with Crippen LogP contribution in [0.1, 0.15) is 17.0 Å². The van der Waals surface area contributed by atoms with Crippen molar-refractivity contribution in [2.75, 3.05) is 6.54 Å². The highest BCUT2D eigenvalue weighted by Crippen LogP contribution is 2.24. The van der Waals surface area contributed by atoms with Crippen LogP contribution < -0.4 is 0 Å². The van der Waals surface area contributed by atoms with E-state index in [0.717, 1.165) is 30.9 Å². The van der Waals surface area contributed by atoms with E-state index in [2.05, 4.69) is 15.0 Å². The van der Waals surface area contributed by atoms with Crippen LogP contribution in [0.2, 0.25) is 0 Å². The molecule has 2 aromatic rings. The summed E-state index contributed by atoms with van der Waals surface area (Å²) in [4.78, 5) is 6.66. The molecule has 0 aliphatic carbocycles. The van der Waals surface area contributed by atoms with Crippen LogP contribution in [0.25, 0.3) is 0 Å². The van der Waals surface area contributed by atoms with E-state index in [-0.39, 0.29) is 12.1 Å². The Labute approximate surface area is 116 Å². The molecule has 0 saturated carbocycles. The van der Waals surface area contributed by atoms with Crippen molar-refractivity contribution in [1.29, 1.82) is 0 Å². The van der Waals surface area contributed by atoms with Crippen molar-refractivity contribution in [2.24, 2.45) is 7.05 Å². The molecule has 5 nitrogen and oxygen atoms in total. The van der Waals surface area contributed by atoms with Crippen LogP contribution in [0.5, 0.6) is 0 Å². The zero-order valence-electron chi connectivity index (χ0n) is 10.9. The summed E-state index contributed by atoms with van der Waals surface area (Å²) in [6.45, 7) is 1.77. The molecule has 0 unspecified atom stereocenters. The van der Waals surface area contributed by atoms with Crippen molar-refractivity contribution in [3.63, 3.8) is 0 Å². The van der Waals surface area contributed by atoms with E-state index < -0.39 is 0 Å². The van der Waals surface area contributed by atoms with Gasteiger partial charge in [0.05, 0.1) is 18.8 Å². The lowest BCUT2D eigenvalue weighted by Crippen LogP contribution is -2.36. The third kappa shape index (κ3) is 2.86. The first-order chi connectivity index (χ1) is 9.22. The quantitative estimate of drug-likeness (QED) is 0.908. The smallest absolute Gasteiger partial charge is 0.107 e. The van der Waals surface area contributed by atoms with Crippen LogP contribution in [0.4, 0.5) is 0 Å². The number of aliphatic hydroxyl groups is 1. The number of rotatable bonds is 4. The van der Waals surface area contributed by atoms with Gasteiger partial charge in [-0.2, -0.15) is 5.10 Å². The fourth-order valence-electron chi connectivity index (χ4n) is 2.68. The minimum atomic E-state index is -0.250. The van der Waals surface area contributed by atoms with Crippen molar-refractivity contribution in [1.82, 2.24) is 19.7 Å². The normalized spacial score (nSPS) is 24.1. The van der Waals surface area contributed by atoms with Gasteiger partial charge in [-0.3, -0.25) is 9.58 Å². The SMILES string of the molecule is Cn1cc(C[C@@H]2[C@@H](O)CCN2Cc2nccs2)cn1. The first-order valence-electron chi connectivity index (χ1n) is 6.50. The van der Waals surface area contributed by atoms with Gasteiger partial charge >= 0.3 is 0 Å². The van der Waals surface area contributed by atoms with E-state index in [1.165, 1.54) is 5.56 Å². The van der Waals surface area contributed by atoms with Gasteiger partial charge in [-0.15, -0.1) is 11.3 Å². The summed E-state index contributed by atoms with van der Waals surface area (Å²) in [5.74, 6) is 0. The number of nitrogens with zero attached hydrogens (tertiary/aromatic N) is 4. The second kappa shape index (κ2) is 5.40. The van der Waals surface area contributed by atoms with Crippen molar-refractivity contribution >= 4 is 11.3 Å². The Kier molecular flexibility index (Phi) is 3.63. The van der Waals surface area contributed by atoms with Crippen LogP contribution in [-0.4, -0.2) is 43.5 Å². The van der Waals surface area contributed by atoms with Gasteiger partial charge in [-0.05, 0) is 18.4 Å². The Bertz CT molecular complexity index is 524. The number of thiazole rings is 1. The number of aliphatic hydroxyl groups excluding tert-OH is 1. The first kappa shape index (κ1) is 12.8. The van der Waals surface area contributed by atoms with E-state index >= 15 is 0 Å². The molecule has 1 saturated heterocycles. The minimum absolute atomic E-state index is 0.174. The summed E-state index contributed by atoms with van der Waals surface area (Å²) in [6.07, 6.45) is 7.18. The van der Waals surface area contributed by atoms with Gasteiger partial charge in [-0.25, -0.2) is 4.98 Å². The number of aryl methyl sites for hydroxylation is 1. The highest BCUT2D eigenvalue weighted by molar-refractivity contribution is 7.09. The van der Waals surface area contributed by atoms with Gasteiger partial charge in [0.1, 0.15) is 5.01 Å². The summed E-state index contributed by atoms with van der Waals surface area (Å²) >= 11 is 1.67. The molecule has 1 aliphatic rings. The summed E-state index contributed by atoms with van der Waals surface area (Å²) in [6, 6.07) is 0.174. The molecule has 0 spiro atoms. The molecule has 0 radical (unpaired) electrons.